The Hall–Kier alpha value is -1.83. The fourth-order valence-electron chi connectivity index (χ4n) is 1.89. The van der Waals surface area contributed by atoms with Crippen molar-refractivity contribution in [3.8, 4) is 0 Å². The predicted octanol–water partition coefficient (Wildman–Crippen LogP) is 1.08. The minimum atomic E-state index is -0.766. The molecule has 0 radical (unpaired) electrons. The van der Waals surface area contributed by atoms with Gasteiger partial charge in [0.05, 0.1) is 7.11 Å². The molecule has 24 heavy (non-hydrogen) atoms. The lowest BCUT2D eigenvalue weighted by Crippen LogP contribution is -2.44. The lowest BCUT2D eigenvalue weighted by Gasteiger charge is -2.22. The van der Waals surface area contributed by atoms with E-state index >= 15 is 0 Å². The molecular weight excluding hydrogens is 314 g/mol. The van der Waals surface area contributed by atoms with Crippen LogP contribution in [0.5, 0.6) is 0 Å². The fourth-order valence-corrected chi connectivity index (χ4v) is 1.89. The van der Waals surface area contributed by atoms with Gasteiger partial charge in [-0.25, -0.2) is 9.59 Å². The van der Waals surface area contributed by atoms with Gasteiger partial charge in [0.2, 0.25) is 5.91 Å². The standard InChI is InChI=1S/C16H31N3O5/c1-16(2,3)24-15(22)19-12(14(21)23-4)8-5-6-11-18-13(20)9-7-10-17/h12H,5-11,17H2,1-4H3,(H,18,20)(H,19,22). The van der Waals surface area contributed by atoms with Gasteiger partial charge in [-0.05, 0) is 53.0 Å². The maximum Gasteiger partial charge on any atom is 0.408 e. The van der Waals surface area contributed by atoms with Crippen molar-refractivity contribution in [3.63, 3.8) is 0 Å². The highest BCUT2D eigenvalue weighted by Crippen LogP contribution is 2.09. The van der Waals surface area contributed by atoms with Crippen molar-refractivity contribution in [2.75, 3.05) is 20.2 Å². The molecule has 0 spiro atoms. The van der Waals surface area contributed by atoms with Crippen LogP contribution in [-0.2, 0) is 19.1 Å². The summed E-state index contributed by atoms with van der Waals surface area (Å²) >= 11 is 0. The Morgan fingerprint density at radius 2 is 1.79 bits per heavy atom. The number of hydrogen-bond acceptors (Lipinski definition) is 6. The lowest BCUT2D eigenvalue weighted by molar-refractivity contribution is -0.143. The van der Waals surface area contributed by atoms with Gasteiger partial charge in [-0.15, -0.1) is 0 Å². The molecule has 0 bridgehead atoms. The second-order valence-corrected chi connectivity index (χ2v) is 6.46. The molecule has 2 amide bonds. The van der Waals surface area contributed by atoms with Crippen LogP contribution in [0.2, 0.25) is 0 Å². The Morgan fingerprint density at radius 3 is 2.33 bits per heavy atom. The van der Waals surface area contributed by atoms with E-state index in [1.807, 2.05) is 0 Å². The molecule has 0 aromatic heterocycles. The van der Waals surface area contributed by atoms with E-state index in [-0.39, 0.29) is 5.91 Å². The third-order valence-electron chi connectivity index (χ3n) is 3.03. The zero-order valence-electron chi connectivity index (χ0n) is 15.1. The Morgan fingerprint density at radius 1 is 1.12 bits per heavy atom. The predicted molar refractivity (Wildman–Crippen MR) is 90.3 cm³/mol. The smallest absolute Gasteiger partial charge is 0.408 e. The first-order valence-electron chi connectivity index (χ1n) is 8.23. The van der Waals surface area contributed by atoms with Crippen molar-refractivity contribution in [3.05, 3.63) is 0 Å². The molecule has 0 saturated heterocycles. The number of carbonyl (C=O) groups excluding carboxylic acids is 3. The summed E-state index contributed by atoms with van der Waals surface area (Å²) in [6.45, 7) is 6.24. The first-order valence-corrected chi connectivity index (χ1v) is 8.23. The number of ether oxygens (including phenoxy) is 2. The third-order valence-corrected chi connectivity index (χ3v) is 3.03. The topological polar surface area (TPSA) is 120 Å². The molecule has 0 fully saturated rings. The van der Waals surface area contributed by atoms with Crippen molar-refractivity contribution >= 4 is 18.0 Å². The SMILES string of the molecule is COC(=O)C(CCCCNC(=O)CCCN)NC(=O)OC(C)(C)C. The first kappa shape index (κ1) is 22.2. The normalized spacial score (nSPS) is 12.2. The van der Waals surface area contributed by atoms with E-state index in [1.165, 1.54) is 7.11 Å². The van der Waals surface area contributed by atoms with Gasteiger partial charge in [0.1, 0.15) is 11.6 Å². The highest BCUT2D eigenvalue weighted by molar-refractivity contribution is 5.81. The molecule has 0 saturated carbocycles. The van der Waals surface area contributed by atoms with E-state index in [1.54, 1.807) is 20.8 Å². The monoisotopic (exact) mass is 345 g/mol. The maximum absolute atomic E-state index is 11.8. The minimum Gasteiger partial charge on any atom is -0.467 e. The molecule has 0 aromatic carbocycles. The van der Waals surface area contributed by atoms with Crippen molar-refractivity contribution in [2.24, 2.45) is 5.73 Å². The van der Waals surface area contributed by atoms with Crippen LogP contribution in [0.4, 0.5) is 4.79 Å². The van der Waals surface area contributed by atoms with Gasteiger partial charge in [-0.1, -0.05) is 0 Å². The Kier molecular flexibility index (Phi) is 10.8. The van der Waals surface area contributed by atoms with Gasteiger partial charge in [0.15, 0.2) is 0 Å². The Bertz CT molecular complexity index is 407. The van der Waals surface area contributed by atoms with Crippen LogP contribution in [-0.4, -0.2) is 49.8 Å². The van der Waals surface area contributed by atoms with Crippen LogP contribution >= 0.6 is 0 Å². The van der Waals surface area contributed by atoms with Gasteiger partial charge >= 0.3 is 12.1 Å². The summed E-state index contributed by atoms with van der Waals surface area (Å²) in [7, 11) is 1.27. The highest BCUT2D eigenvalue weighted by atomic mass is 16.6. The molecule has 1 atom stereocenters. The molecule has 0 aromatic rings. The lowest BCUT2D eigenvalue weighted by atomic mass is 10.1. The number of rotatable bonds is 10. The molecule has 4 N–H and O–H groups in total. The van der Waals surface area contributed by atoms with E-state index in [2.05, 4.69) is 10.6 Å². The molecule has 0 rings (SSSR count). The number of alkyl carbamates (subject to hydrolysis) is 1. The number of methoxy groups -OCH3 is 1. The summed E-state index contributed by atoms with van der Waals surface area (Å²) in [6, 6.07) is -0.766. The molecule has 140 valence electrons. The van der Waals surface area contributed by atoms with Crippen molar-refractivity contribution in [1.82, 2.24) is 10.6 Å². The second kappa shape index (κ2) is 11.7. The maximum atomic E-state index is 11.8. The number of nitrogens with two attached hydrogens (primary N) is 1. The summed E-state index contributed by atoms with van der Waals surface area (Å²) in [4.78, 5) is 34.9. The number of unbranched alkanes of at least 4 members (excludes halogenated alkanes) is 1. The summed E-state index contributed by atoms with van der Waals surface area (Å²) in [5.41, 5.74) is 4.70. The van der Waals surface area contributed by atoms with Crippen molar-refractivity contribution in [1.29, 1.82) is 0 Å². The van der Waals surface area contributed by atoms with Gasteiger partial charge < -0.3 is 25.8 Å². The Balaban J connectivity index is 4.15. The van der Waals surface area contributed by atoms with Crippen LogP contribution in [0.25, 0.3) is 0 Å². The van der Waals surface area contributed by atoms with Crippen molar-refractivity contribution in [2.45, 2.75) is 64.5 Å². The van der Waals surface area contributed by atoms with Crippen LogP contribution in [0.3, 0.4) is 0 Å². The third kappa shape index (κ3) is 11.7. The zero-order chi connectivity index (χ0) is 18.6. The van der Waals surface area contributed by atoms with Crippen LogP contribution in [0, 0.1) is 0 Å². The number of esters is 1. The summed E-state index contributed by atoms with van der Waals surface area (Å²) in [6.07, 6.45) is 2.17. The average Bonchev–Trinajstić information content (AvgIpc) is 2.48. The molecule has 1 unspecified atom stereocenters. The van der Waals surface area contributed by atoms with Crippen LogP contribution in [0.1, 0.15) is 52.9 Å². The molecular formula is C16H31N3O5. The average molecular weight is 345 g/mol. The minimum absolute atomic E-state index is 0.0307. The number of hydrogen-bond donors (Lipinski definition) is 3. The second-order valence-electron chi connectivity index (χ2n) is 6.46. The highest BCUT2D eigenvalue weighted by Gasteiger charge is 2.24. The van der Waals surface area contributed by atoms with E-state index < -0.39 is 23.7 Å². The van der Waals surface area contributed by atoms with Gasteiger partial charge in [-0.2, -0.15) is 0 Å². The molecule has 0 heterocycles. The number of nitrogens with one attached hydrogen (secondary N) is 2. The molecule has 0 aliphatic heterocycles. The van der Waals surface area contributed by atoms with E-state index in [0.717, 1.165) is 0 Å². The summed E-state index contributed by atoms with van der Waals surface area (Å²) < 4.78 is 9.83. The number of amides is 2. The summed E-state index contributed by atoms with van der Waals surface area (Å²) in [5, 5.41) is 5.30. The van der Waals surface area contributed by atoms with Gasteiger partial charge in [-0.3, -0.25) is 4.79 Å². The van der Waals surface area contributed by atoms with Gasteiger partial charge in [0, 0.05) is 13.0 Å². The largest absolute Gasteiger partial charge is 0.467 e. The molecule has 0 aliphatic carbocycles. The van der Waals surface area contributed by atoms with Crippen molar-refractivity contribution < 1.29 is 23.9 Å². The number of carbonyl (C=O) groups is 3. The molecule has 0 aliphatic rings. The van der Waals surface area contributed by atoms with Gasteiger partial charge in [0.25, 0.3) is 0 Å². The first-order chi connectivity index (χ1) is 11.2. The fraction of sp³-hybridized carbons (Fsp3) is 0.812. The molecule has 8 heteroatoms. The van der Waals surface area contributed by atoms with E-state index in [0.29, 0.717) is 45.2 Å². The van der Waals surface area contributed by atoms with Crippen LogP contribution < -0.4 is 16.4 Å². The molecule has 8 nitrogen and oxygen atoms in total. The zero-order valence-corrected chi connectivity index (χ0v) is 15.1. The van der Waals surface area contributed by atoms with Crippen LogP contribution in [0.15, 0.2) is 0 Å². The quantitative estimate of drug-likeness (QED) is 0.402. The Labute approximate surface area is 143 Å². The van der Waals surface area contributed by atoms with E-state index in [9.17, 15) is 14.4 Å². The summed E-state index contributed by atoms with van der Waals surface area (Å²) in [5.74, 6) is -0.551. The van der Waals surface area contributed by atoms with E-state index in [4.69, 9.17) is 15.2 Å².